The minimum Gasteiger partial charge on any atom is -0.313 e. The molecule has 18 heavy (non-hydrogen) atoms. The molecule has 2 rings (SSSR count). The monoisotopic (exact) mass is 253 g/mol. The first kappa shape index (κ1) is 14.3. The molecule has 2 fully saturated rings. The zero-order chi connectivity index (χ0) is 12.8. The van der Waals surface area contributed by atoms with E-state index in [-0.39, 0.29) is 0 Å². The zero-order valence-electron chi connectivity index (χ0n) is 12.3. The highest BCUT2D eigenvalue weighted by Crippen LogP contribution is 2.26. The fraction of sp³-hybridized carbons (Fsp3) is 1.00. The van der Waals surface area contributed by atoms with Gasteiger partial charge in [-0.25, -0.2) is 0 Å². The molecule has 0 unspecified atom stereocenters. The lowest BCUT2D eigenvalue weighted by atomic mass is 9.84. The Labute approximate surface area is 113 Å². The maximum Gasteiger partial charge on any atom is 0.0110 e. The van der Waals surface area contributed by atoms with E-state index in [4.69, 9.17) is 0 Å². The average molecular weight is 253 g/mol. The minimum atomic E-state index is 0.720. The second-order valence-electron chi connectivity index (χ2n) is 6.29. The number of rotatable bonds is 5. The van der Waals surface area contributed by atoms with Crippen molar-refractivity contribution in [3.8, 4) is 0 Å². The summed E-state index contributed by atoms with van der Waals surface area (Å²) in [6.45, 7) is 9.74. The molecule has 1 saturated heterocycles. The van der Waals surface area contributed by atoms with Crippen LogP contribution >= 0.6 is 0 Å². The van der Waals surface area contributed by atoms with Crippen molar-refractivity contribution in [2.24, 2.45) is 5.92 Å². The largest absolute Gasteiger partial charge is 0.313 e. The number of likely N-dealkylation sites (N-methyl/N-ethyl adjacent to an activating group) is 1. The molecule has 1 heterocycles. The molecule has 0 amide bonds. The summed E-state index contributed by atoms with van der Waals surface area (Å²) in [5, 5.41) is 3.76. The van der Waals surface area contributed by atoms with Gasteiger partial charge >= 0.3 is 0 Å². The van der Waals surface area contributed by atoms with Crippen molar-refractivity contribution in [2.45, 2.75) is 45.1 Å². The van der Waals surface area contributed by atoms with Gasteiger partial charge in [0.05, 0.1) is 0 Å². The van der Waals surface area contributed by atoms with Gasteiger partial charge in [0, 0.05) is 45.3 Å². The van der Waals surface area contributed by atoms with Crippen molar-refractivity contribution >= 4 is 0 Å². The van der Waals surface area contributed by atoms with E-state index in [0.717, 1.165) is 12.0 Å². The second kappa shape index (κ2) is 7.46. The zero-order valence-corrected chi connectivity index (χ0v) is 12.3. The lowest BCUT2D eigenvalue weighted by molar-refractivity contribution is 0.151. The van der Waals surface area contributed by atoms with E-state index in [2.05, 4.69) is 29.1 Å². The highest BCUT2D eigenvalue weighted by atomic mass is 15.2. The van der Waals surface area contributed by atoms with Gasteiger partial charge in [0.25, 0.3) is 0 Å². The van der Waals surface area contributed by atoms with Crippen molar-refractivity contribution in [3.63, 3.8) is 0 Å². The van der Waals surface area contributed by atoms with Crippen LogP contribution in [-0.4, -0.2) is 62.2 Å². The summed E-state index contributed by atoms with van der Waals surface area (Å²) in [5.41, 5.74) is 0. The Hall–Kier alpha value is -0.120. The molecule has 0 bridgehead atoms. The lowest BCUT2D eigenvalue weighted by Gasteiger charge is -2.33. The number of hydrogen-bond acceptors (Lipinski definition) is 3. The molecule has 3 nitrogen and oxygen atoms in total. The molecule has 0 spiro atoms. The summed E-state index contributed by atoms with van der Waals surface area (Å²) in [7, 11) is 2.22. The van der Waals surface area contributed by atoms with Crippen LogP contribution in [0.4, 0.5) is 0 Å². The van der Waals surface area contributed by atoms with E-state index in [0.29, 0.717) is 0 Å². The fourth-order valence-corrected chi connectivity index (χ4v) is 3.32. The summed E-state index contributed by atoms with van der Waals surface area (Å²) in [6.07, 6.45) is 7.26. The van der Waals surface area contributed by atoms with Crippen molar-refractivity contribution < 1.29 is 0 Å². The molecule has 1 saturated carbocycles. The van der Waals surface area contributed by atoms with E-state index in [1.165, 1.54) is 71.4 Å². The summed E-state index contributed by atoms with van der Waals surface area (Å²) < 4.78 is 0. The predicted molar refractivity (Wildman–Crippen MR) is 78.0 cm³/mol. The normalized spacial score (nSPS) is 26.3. The number of nitrogens with zero attached hydrogens (tertiary/aromatic N) is 2. The minimum absolute atomic E-state index is 0.720. The molecule has 1 atom stereocenters. The van der Waals surface area contributed by atoms with Crippen LogP contribution in [0.5, 0.6) is 0 Å². The SMILES string of the molecule is C[C@@H](NCCN1CCN(C)CC1)C1CCCCC1. The van der Waals surface area contributed by atoms with Gasteiger partial charge < -0.3 is 10.2 Å². The first-order valence-electron chi connectivity index (χ1n) is 7.90. The maximum absolute atomic E-state index is 3.76. The van der Waals surface area contributed by atoms with E-state index < -0.39 is 0 Å². The number of piperazine rings is 1. The number of hydrogen-bond donors (Lipinski definition) is 1. The fourth-order valence-electron chi connectivity index (χ4n) is 3.32. The molecular formula is C15H31N3. The predicted octanol–water partition coefficient (Wildman–Crippen LogP) is 1.79. The third kappa shape index (κ3) is 4.52. The molecule has 0 aromatic heterocycles. The summed E-state index contributed by atoms with van der Waals surface area (Å²) in [6, 6.07) is 0.720. The molecule has 0 aromatic rings. The van der Waals surface area contributed by atoms with Crippen LogP contribution in [0.1, 0.15) is 39.0 Å². The Morgan fingerprint density at radius 3 is 2.39 bits per heavy atom. The van der Waals surface area contributed by atoms with Gasteiger partial charge in [0.15, 0.2) is 0 Å². The van der Waals surface area contributed by atoms with Gasteiger partial charge in [-0.1, -0.05) is 19.3 Å². The van der Waals surface area contributed by atoms with Gasteiger partial charge in [0.1, 0.15) is 0 Å². The van der Waals surface area contributed by atoms with Gasteiger partial charge in [-0.05, 0) is 32.7 Å². The third-order valence-electron chi connectivity index (χ3n) is 4.85. The summed E-state index contributed by atoms with van der Waals surface area (Å²) in [5.74, 6) is 0.936. The topological polar surface area (TPSA) is 18.5 Å². The molecule has 1 aliphatic carbocycles. The smallest absolute Gasteiger partial charge is 0.0110 e. The first-order valence-corrected chi connectivity index (χ1v) is 7.90. The molecule has 1 aliphatic heterocycles. The van der Waals surface area contributed by atoms with Crippen LogP contribution in [0.2, 0.25) is 0 Å². The Balaban J connectivity index is 1.56. The maximum atomic E-state index is 3.76. The van der Waals surface area contributed by atoms with Crippen molar-refractivity contribution in [3.05, 3.63) is 0 Å². The van der Waals surface area contributed by atoms with E-state index >= 15 is 0 Å². The summed E-state index contributed by atoms with van der Waals surface area (Å²) >= 11 is 0. The Kier molecular flexibility index (Phi) is 5.93. The lowest BCUT2D eigenvalue weighted by Crippen LogP contribution is -2.47. The van der Waals surface area contributed by atoms with Gasteiger partial charge in [-0.2, -0.15) is 0 Å². The highest BCUT2D eigenvalue weighted by Gasteiger charge is 2.20. The molecule has 0 aromatic carbocycles. The Morgan fingerprint density at radius 1 is 1.06 bits per heavy atom. The van der Waals surface area contributed by atoms with Gasteiger partial charge in [-0.15, -0.1) is 0 Å². The van der Waals surface area contributed by atoms with Crippen LogP contribution < -0.4 is 5.32 Å². The molecule has 1 N–H and O–H groups in total. The summed E-state index contributed by atoms with van der Waals surface area (Å²) in [4.78, 5) is 5.02. The van der Waals surface area contributed by atoms with Crippen LogP contribution in [0.3, 0.4) is 0 Å². The van der Waals surface area contributed by atoms with E-state index in [9.17, 15) is 0 Å². The van der Waals surface area contributed by atoms with Crippen LogP contribution in [-0.2, 0) is 0 Å². The van der Waals surface area contributed by atoms with Crippen molar-refractivity contribution in [1.82, 2.24) is 15.1 Å². The van der Waals surface area contributed by atoms with Crippen LogP contribution in [0, 0.1) is 5.92 Å². The third-order valence-corrected chi connectivity index (χ3v) is 4.85. The van der Waals surface area contributed by atoms with Crippen molar-refractivity contribution in [1.29, 1.82) is 0 Å². The van der Waals surface area contributed by atoms with E-state index in [1.807, 2.05) is 0 Å². The van der Waals surface area contributed by atoms with Gasteiger partial charge in [0.2, 0.25) is 0 Å². The van der Waals surface area contributed by atoms with Gasteiger partial charge in [-0.3, -0.25) is 4.90 Å². The molecule has 0 radical (unpaired) electrons. The Bertz CT molecular complexity index is 218. The first-order chi connectivity index (χ1) is 8.75. The Morgan fingerprint density at radius 2 is 1.72 bits per heavy atom. The molecular weight excluding hydrogens is 222 g/mol. The number of nitrogens with one attached hydrogen (secondary N) is 1. The molecule has 106 valence electrons. The second-order valence-corrected chi connectivity index (χ2v) is 6.29. The quantitative estimate of drug-likeness (QED) is 0.806. The average Bonchev–Trinajstić information content (AvgIpc) is 2.42. The molecule has 2 aliphatic rings. The standard InChI is InChI=1S/C15H31N3/c1-14(15-6-4-3-5-7-15)16-8-9-18-12-10-17(2)11-13-18/h14-16H,3-13H2,1-2H3/t14-/m1/s1. The van der Waals surface area contributed by atoms with Crippen molar-refractivity contribution in [2.75, 3.05) is 46.3 Å². The van der Waals surface area contributed by atoms with E-state index in [1.54, 1.807) is 0 Å². The highest BCUT2D eigenvalue weighted by molar-refractivity contribution is 4.77. The van der Waals surface area contributed by atoms with Crippen LogP contribution in [0.15, 0.2) is 0 Å². The van der Waals surface area contributed by atoms with Crippen LogP contribution in [0.25, 0.3) is 0 Å². The molecule has 3 heteroatoms.